The number of hydrogen-bond acceptors (Lipinski definition) is 2. The Hall–Kier alpha value is -1.02. The summed E-state index contributed by atoms with van der Waals surface area (Å²) in [7, 11) is 0. The number of hydrogen-bond donors (Lipinski definition) is 1. The Morgan fingerprint density at radius 1 is 1.35 bits per heavy atom. The molecule has 2 heteroatoms. The van der Waals surface area contributed by atoms with E-state index in [1.54, 1.807) is 0 Å². The summed E-state index contributed by atoms with van der Waals surface area (Å²) in [5, 5.41) is 3.60. The molecule has 0 aliphatic carbocycles. The van der Waals surface area contributed by atoms with Gasteiger partial charge in [-0.25, -0.2) is 0 Å². The Kier molecular flexibility index (Phi) is 3.72. The molecule has 1 aliphatic rings. The molecular weight excluding hydrogens is 210 g/mol. The molecule has 1 aromatic carbocycles. The number of nitrogens with one attached hydrogen (secondary N) is 1. The average Bonchev–Trinajstić information content (AvgIpc) is 2.64. The Morgan fingerprint density at radius 2 is 2.12 bits per heavy atom. The smallest absolute Gasteiger partial charge is 0.124 e. The summed E-state index contributed by atoms with van der Waals surface area (Å²) < 4.78 is 5.81. The molecule has 1 saturated heterocycles. The van der Waals surface area contributed by atoms with Crippen molar-refractivity contribution in [1.82, 2.24) is 5.32 Å². The lowest BCUT2D eigenvalue weighted by Crippen LogP contribution is -2.16. The van der Waals surface area contributed by atoms with E-state index < -0.39 is 0 Å². The Morgan fingerprint density at radius 3 is 2.71 bits per heavy atom. The molecule has 0 bridgehead atoms. The predicted octanol–water partition coefficient (Wildman–Crippen LogP) is 3.37. The van der Waals surface area contributed by atoms with Gasteiger partial charge in [-0.15, -0.1) is 0 Å². The van der Waals surface area contributed by atoms with Crippen molar-refractivity contribution in [3.05, 3.63) is 28.8 Å². The topological polar surface area (TPSA) is 21.3 Å². The summed E-state index contributed by atoms with van der Waals surface area (Å²) in [6.07, 6.45) is 1.21. The van der Waals surface area contributed by atoms with Crippen molar-refractivity contribution >= 4 is 0 Å². The highest BCUT2D eigenvalue weighted by atomic mass is 16.5. The van der Waals surface area contributed by atoms with Crippen molar-refractivity contribution in [3.63, 3.8) is 0 Å². The van der Waals surface area contributed by atoms with Crippen molar-refractivity contribution in [2.75, 3.05) is 13.2 Å². The van der Waals surface area contributed by atoms with Crippen LogP contribution in [-0.2, 0) is 0 Å². The van der Waals surface area contributed by atoms with Crippen LogP contribution in [0.2, 0.25) is 0 Å². The van der Waals surface area contributed by atoms with E-state index in [0.29, 0.717) is 6.04 Å². The van der Waals surface area contributed by atoms with Gasteiger partial charge < -0.3 is 10.1 Å². The molecular formula is C15H23NO. The molecule has 17 heavy (non-hydrogen) atoms. The average molecular weight is 233 g/mol. The molecule has 1 fully saturated rings. The summed E-state index contributed by atoms with van der Waals surface area (Å²) in [4.78, 5) is 0. The zero-order chi connectivity index (χ0) is 12.4. The van der Waals surface area contributed by atoms with Gasteiger partial charge in [0.05, 0.1) is 6.61 Å². The molecule has 0 unspecified atom stereocenters. The molecule has 0 radical (unpaired) electrons. The summed E-state index contributed by atoms with van der Waals surface area (Å²) in [6, 6.07) is 4.88. The summed E-state index contributed by atoms with van der Waals surface area (Å²) in [6.45, 7) is 10.5. The van der Waals surface area contributed by atoms with Crippen LogP contribution in [0.1, 0.15) is 43.0 Å². The number of ether oxygens (including phenoxy) is 1. The standard InChI is InChI=1S/C15H23NO/c1-5-17-14-8-10(2)6-12(4)15(14)13-7-11(3)9-16-13/h6,8,11,13,16H,5,7,9H2,1-4H3/t11-,13+/m0/s1. The highest BCUT2D eigenvalue weighted by Gasteiger charge is 2.26. The van der Waals surface area contributed by atoms with Gasteiger partial charge in [-0.05, 0) is 56.8 Å². The van der Waals surface area contributed by atoms with Crippen molar-refractivity contribution in [2.45, 2.75) is 40.2 Å². The second-order valence-corrected chi connectivity index (χ2v) is 5.23. The molecule has 94 valence electrons. The third kappa shape index (κ3) is 2.63. The van der Waals surface area contributed by atoms with Gasteiger partial charge in [0, 0.05) is 11.6 Å². The highest BCUT2D eigenvalue weighted by Crippen LogP contribution is 2.36. The maximum Gasteiger partial charge on any atom is 0.124 e. The van der Waals surface area contributed by atoms with Crippen LogP contribution < -0.4 is 10.1 Å². The molecule has 2 rings (SSSR count). The minimum Gasteiger partial charge on any atom is -0.494 e. The van der Waals surface area contributed by atoms with Crippen LogP contribution in [0.25, 0.3) is 0 Å². The van der Waals surface area contributed by atoms with Crippen LogP contribution in [0.3, 0.4) is 0 Å². The van der Waals surface area contributed by atoms with Gasteiger partial charge in [0.15, 0.2) is 0 Å². The van der Waals surface area contributed by atoms with Crippen molar-refractivity contribution < 1.29 is 4.74 Å². The zero-order valence-corrected chi connectivity index (χ0v) is 11.3. The summed E-state index contributed by atoms with van der Waals surface area (Å²) in [5.41, 5.74) is 3.99. The summed E-state index contributed by atoms with van der Waals surface area (Å²) >= 11 is 0. The van der Waals surface area contributed by atoms with E-state index in [0.717, 1.165) is 24.8 Å². The van der Waals surface area contributed by atoms with Crippen LogP contribution >= 0.6 is 0 Å². The first-order valence-corrected chi connectivity index (χ1v) is 6.59. The highest BCUT2D eigenvalue weighted by molar-refractivity contribution is 5.45. The fourth-order valence-corrected chi connectivity index (χ4v) is 2.79. The predicted molar refractivity (Wildman–Crippen MR) is 71.6 cm³/mol. The van der Waals surface area contributed by atoms with Crippen molar-refractivity contribution in [1.29, 1.82) is 0 Å². The lowest BCUT2D eigenvalue weighted by atomic mass is 9.95. The van der Waals surface area contributed by atoms with Crippen molar-refractivity contribution in [3.8, 4) is 5.75 Å². The van der Waals surface area contributed by atoms with E-state index in [-0.39, 0.29) is 0 Å². The first-order valence-electron chi connectivity index (χ1n) is 6.59. The molecule has 0 aromatic heterocycles. The first-order chi connectivity index (χ1) is 8.11. The minimum atomic E-state index is 0.465. The molecule has 1 N–H and O–H groups in total. The fourth-order valence-electron chi connectivity index (χ4n) is 2.79. The van der Waals surface area contributed by atoms with E-state index in [4.69, 9.17) is 4.74 Å². The molecule has 2 atom stereocenters. The van der Waals surface area contributed by atoms with Crippen LogP contribution in [-0.4, -0.2) is 13.2 Å². The molecule has 0 saturated carbocycles. The molecule has 1 heterocycles. The maximum atomic E-state index is 5.81. The normalized spacial score (nSPS) is 24.0. The second kappa shape index (κ2) is 5.09. The maximum absolute atomic E-state index is 5.81. The van der Waals surface area contributed by atoms with Gasteiger partial charge in [-0.3, -0.25) is 0 Å². The largest absolute Gasteiger partial charge is 0.494 e. The SMILES string of the molecule is CCOc1cc(C)cc(C)c1[C@H]1C[C@H](C)CN1. The van der Waals surface area contributed by atoms with Gasteiger partial charge in [-0.2, -0.15) is 0 Å². The number of rotatable bonds is 3. The number of benzene rings is 1. The Bertz CT molecular complexity index is 400. The first kappa shape index (κ1) is 12.4. The van der Waals surface area contributed by atoms with Crippen molar-refractivity contribution in [2.24, 2.45) is 5.92 Å². The van der Waals surface area contributed by atoms with Gasteiger partial charge >= 0.3 is 0 Å². The Labute approximate surface area is 104 Å². The molecule has 0 amide bonds. The lowest BCUT2D eigenvalue weighted by Gasteiger charge is -2.19. The van der Waals surface area contributed by atoms with E-state index >= 15 is 0 Å². The third-order valence-electron chi connectivity index (χ3n) is 3.49. The van der Waals surface area contributed by atoms with Gasteiger partial charge in [0.1, 0.15) is 5.75 Å². The number of aryl methyl sites for hydroxylation is 2. The molecule has 1 aromatic rings. The quantitative estimate of drug-likeness (QED) is 0.864. The molecule has 1 aliphatic heterocycles. The van der Waals surface area contributed by atoms with Crippen LogP contribution in [0.5, 0.6) is 5.75 Å². The van der Waals surface area contributed by atoms with E-state index in [9.17, 15) is 0 Å². The zero-order valence-electron chi connectivity index (χ0n) is 11.3. The van der Waals surface area contributed by atoms with Gasteiger partial charge in [0.2, 0.25) is 0 Å². The minimum absolute atomic E-state index is 0.465. The van der Waals surface area contributed by atoms with E-state index in [1.165, 1.54) is 23.1 Å². The monoisotopic (exact) mass is 233 g/mol. The van der Waals surface area contributed by atoms with E-state index in [1.807, 2.05) is 6.92 Å². The van der Waals surface area contributed by atoms with E-state index in [2.05, 4.69) is 38.2 Å². The Balaban J connectivity index is 2.36. The molecule has 0 spiro atoms. The van der Waals surface area contributed by atoms with Gasteiger partial charge in [-0.1, -0.05) is 13.0 Å². The van der Waals surface area contributed by atoms with Crippen LogP contribution in [0.15, 0.2) is 12.1 Å². The second-order valence-electron chi connectivity index (χ2n) is 5.23. The van der Waals surface area contributed by atoms with Crippen LogP contribution in [0, 0.1) is 19.8 Å². The molecule has 2 nitrogen and oxygen atoms in total. The lowest BCUT2D eigenvalue weighted by molar-refractivity contribution is 0.332. The van der Waals surface area contributed by atoms with Gasteiger partial charge in [0.25, 0.3) is 0 Å². The third-order valence-corrected chi connectivity index (χ3v) is 3.49. The fraction of sp³-hybridized carbons (Fsp3) is 0.600. The van der Waals surface area contributed by atoms with Crippen LogP contribution in [0.4, 0.5) is 0 Å². The summed E-state index contributed by atoms with van der Waals surface area (Å²) in [5.74, 6) is 1.83.